The Balaban J connectivity index is 2.37. The average molecular weight is 192 g/mol. The van der Waals surface area contributed by atoms with Crippen molar-refractivity contribution in [2.24, 2.45) is 0 Å². The van der Waals surface area contributed by atoms with E-state index in [1.54, 1.807) is 0 Å². The number of rotatable bonds is 3. The predicted octanol–water partition coefficient (Wildman–Crippen LogP) is -0.0160. The van der Waals surface area contributed by atoms with Crippen LogP contribution in [0, 0.1) is 0 Å². The average Bonchev–Trinajstić information content (AvgIpc) is 2.30. The first-order valence-corrected chi connectivity index (χ1v) is 5.28. The second-order valence-electron chi connectivity index (χ2n) is 3.25. The molecular formula is C6H14BO4P. The van der Waals surface area contributed by atoms with Crippen LogP contribution in [0.3, 0.4) is 0 Å². The SMILES string of the molecule is BC1CC(O)C(O[PH](=O)OC)C1. The van der Waals surface area contributed by atoms with Crippen LogP contribution in [0.5, 0.6) is 0 Å². The molecule has 1 aliphatic rings. The Hall–Kier alpha value is 0.175. The number of aliphatic hydroxyl groups is 1. The van der Waals surface area contributed by atoms with Crippen LogP contribution in [-0.4, -0.2) is 32.3 Å². The third kappa shape index (κ3) is 2.59. The van der Waals surface area contributed by atoms with Crippen LogP contribution in [0.15, 0.2) is 0 Å². The van der Waals surface area contributed by atoms with Crippen molar-refractivity contribution < 1.29 is 18.7 Å². The van der Waals surface area contributed by atoms with Crippen molar-refractivity contribution in [2.45, 2.75) is 30.9 Å². The van der Waals surface area contributed by atoms with Crippen molar-refractivity contribution in [3.8, 4) is 0 Å². The molecule has 1 N–H and O–H groups in total. The van der Waals surface area contributed by atoms with Crippen LogP contribution in [-0.2, 0) is 13.6 Å². The first-order chi connectivity index (χ1) is 5.63. The third-order valence-electron chi connectivity index (χ3n) is 2.12. The van der Waals surface area contributed by atoms with Crippen LogP contribution in [0.4, 0.5) is 0 Å². The Morgan fingerprint density at radius 3 is 2.67 bits per heavy atom. The topological polar surface area (TPSA) is 55.8 Å². The Kier molecular flexibility index (Phi) is 3.78. The van der Waals surface area contributed by atoms with Gasteiger partial charge in [0.15, 0.2) is 0 Å². The molecule has 1 saturated carbocycles. The van der Waals surface area contributed by atoms with E-state index in [4.69, 9.17) is 4.52 Å². The van der Waals surface area contributed by atoms with Crippen LogP contribution in [0.25, 0.3) is 0 Å². The summed E-state index contributed by atoms with van der Waals surface area (Å²) in [5.41, 5.74) is 0. The fraction of sp³-hybridized carbons (Fsp3) is 1.00. The molecule has 4 nitrogen and oxygen atoms in total. The number of hydrogen-bond acceptors (Lipinski definition) is 4. The van der Waals surface area contributed by atoms with Gasteiger partial charge >= 0.3 is 8.25 Å². The van der Waals surface area contributed by atoms with E-state index in [0.717, 1.165) is 12.8 Å². The lowest BCUT2D eigenvalue weighted by Gasteiger charge is -2.13. The van der Waals surface area contributed by atoms with Crippen LogP contribution < -0.4 is 0 Å². The van der Waals surface area contributed by atoms with E-state index in [9.17, 15) is 9.67 Å². The lowest BCUT2D eigenvalue weighted by atomic mass is 9.86. The minimum atomic E-state index is -2.38. The zero-order valence-corrected chi connectivity index (χ0v) is 8.32. The van der Waals surface area contributed by atoms with Gasteiger partial charge in [0.25, 0.3) is 0 Å². The van der Waals surface area contributed by atoms with Crippen LogP contribution in [0.2, 0.25) is 5.82 Å². The molecule has 12 heavy (non-hydrogen) atoms. The molecule has 70 valence electrons. The highest BCUT2D eigenvalue weighted by molar-refractivity contribution is 7.33. The largest absolute Gasteiger partial charge is 0.390 e. The van der Waals surface area contributed by atoms with Crippen molar-refractivity contribution in [1.82, 2.24) is 0 Å². The van der Waals surface area contributed by atoms with Gasteiger partial charge in [0.2, 0.25) is 0 Å². The van der Waals surface area contributed by atoms with Gasteiger partial charge in [0.1, 0.15) is 7.85 Å². The fourth-order valence-electron chi connectivity index (χ4n) is 1.51. The molecule has 1 fully saturated rings. The van der Waals surface area contributed by atoms with E-state index < -0.39 is 14.4 Å². The molecular weight excluding hydrogens is 178 g/mol. The van der Waals surface area contributed by atoms with Crippen LogP contribution in [0.1, 0.15) is 12.8 Å². The zero-order valence-electron chi connectivity index (χ0n) is 7.32. The quantitative estimate of drug-likeness (QED) is 0.504. The second kappa shape index (κ2) is 4.42. The molecule has 0 saturated heterocycles. The van der Waals surface area contributed by atoms with E-state index in [0.29, 0.717) is 5.82 Å². The standard InChI is InChI=1S/C6H14BO4P/c1-10-12(9)11-6-3-4(7)2-5(6)8/h4-6,8,12H,2-3,7H2,1H3. The smallest absolute Gasteiger partial charge is 0.319 e. The van der Waals surface area contributed by atoms with Gasteiger partial charge in [-0.3, -0.25) is 4.57 Å². The van der Waals surface area contributed by atoms with E-state index in [2.05, 4.69) is 4.52 Å². The molecule has 4 unspecified atom stereocenters. The highest BCUT2D eigenvalue weighted by Gasteiger charge is 2.32. The lowest BCUT2D eigenvalue weighted by molar-refractivity contribution is 0.0556. The number of aliphatic hydroxyl groups excluding tert-OH is 1. The van der Waals surface area contributed by atoms with Gasteiger partial charge in [-0.05, 0) is 12.8 Å². The maximum Gasteiger partial charge on any atom is 0.319 e. The summed E-state index contributed by atoms with van der Waals surface area (Å²) in [7, 11) is 1.000. The van der Waals surface area contributed by atoms with E-state index in [1.807, 2.05) is 7.85 Å². The summed E-state index contributed by atoms with van der Waals surface area (Å²) < 4.78 is 20.4. The molecule has 0 amide bonds. The van der Waals surface area contributed by atoms with E-state index in [-0.39, 0.29) is 6.10 Å². The van der Waals surface area contributed by atoms with Crippen molar-refractivity contribution in [3.63, 3.8) is 0 Å². The van der Waals surface area contributed by atoms with E-state index >= 15 is 0 Å². The molecule has 0 aliphatic heterocycles. The maximum absolute atomic E-state index is 10.8. The normalized spacial score (nSPS) is 38.3. The number of hydrogen-bond donors (Lipinski definition) is 1. The Bertz CT molecular complexity index is 177. The molecule has 0 heterocycles. The van der Waals surface area contributed by atoms with Gasteiger partial charge in [-0.15, -0.1) is 0 Å². The fourth-order valence-corrected chi connectivity index (χ4v) is 2.11. The first-order valence-electron chi connectivity index (χ1n) is 4.06. The summed E-state index contributed by atoms with van der Waals surface area (Å²) in [6.07, 6.45) is 0.709. The molecule has 0 aromatic heterocycles. The predicted molar refractivity (Wildman–Crippen MR) is 48.4 cm³/mol. The zero-order chi connectivity index (χ0) is 9.14. The molecule has 1 rings (SSSR count). The van der Waals surface area contributed by atoms with Gasteiger partial charge < -0.3 is 14.2 Å². The lowest BCUT2D eigenvalue weighted by Crippen LogP contribution is -2.19. The van der Waals surface area contributed by atoms with Gasteiger partial charge in [-0.1, -0.05) is 5.82 Å². The molecule has 0 aromatic rings. The van der Waals surface area contributed by atoms with Gasteiger partial charge in [-0.25, -0.2) is 0 Å². The van der Waals surface area contributed by atoms with Gasteiger partial charge in [-0.2, -0.15) is 0 Å². The summed E-state index contributed by atoms with van der Waals surface area (Å²) in [4.78, 5) is 0. The highest BCUT2D eigenvalue weighted by atomic mass is 31.1. The Morgan fingerprint density at radius 1 is 1.58 bits per heavy atom. The second-order valence-corrected chi connectivity index (χ2v) is 4.40. The van der Waals surface area contributed by atoms with Gasteiger partial charge in [0, 0.05) is 7.11 Å². The summed E-state index contributed by atoms with van der Waals surface area (Å²) in [6, 6.07) is 0. The third-order valence-corrected chi connectivity index (χ3v) is 2.95. The highest BCUT2D eigenvalue weighted by Crippen LogP contribution is 2.36. The van der Waals surface area contributed by atoms with Crippen molar-refractivity contribution in [2.75, 3.05) is 7.11 Å². The first kappa shape index (κ1) is 10.3. The van der Waals surface area contributed by atoms with Crippen molar-refractivity contribution >= 4 is 16.1 Å². The molecule has 1 aliphatic carbocycles. The molecule has 6 heteroatoms. The van der Waals surface area contributed by atoms with Crippen molar-refractivity contribution in [3.05, 3.63) is 0 Å². The minimum absolute atomic E-state index is 0.300. The molecule has 0 spiro atoms. The summed E-state index contributed by atoms with van der Waals surface area (Å²) in [5.74, 6) is 0.441. The monoisotopic (exact) mass is 192 g/mol. The summed E-state index contributed by atoms with van der Waals surface area (Å²) in [5, 5.41) is 9.40. The van der Waals surface area contributed by atoms with Crippen molar-refractivity contribution in [1.29, 1.82) is 0 Å². The Labute approximate surface area is 73.6 Å². The molecule has 0 bridgehead atoms. The van der Waals surface area contributed by atoms with Crippen LogP contribution >= 0.6 is 8.25 Å². The summed E-state index contributed by atoms with van der Waals surface area (Å²) >= 11 is 0. The summed E-state index contributed by atoms with van der Waals surface area (Å²) in [6.45, 7) is 0. The molecule has 4 atom stereocenters. The molecule has 0 radical (unpaired) electrons. The maximum atomic E-state index is 10.8. The minimum Gasteiger partial charge on any atom is -0.390 e. The Morgan fingerprint density at radius 2 is 2.25 bits per heavy atom. The molecule has 0 aromatic carbocycles. The van der Waals surface area contributed by atoms with Gasteiger partial charge in [0.05, 0.1) is 12.2 Å². The van der Waals surface area contributed by atoms with E-state index in [1.165, 1.54) is 7.11 Å².